The predicted octanol–water partition coefficient (Wildman–Crippen LogP) is 0.807. The second-order valence-corrected chi connectivity index (χ2v) is 3.40. The van der Waals surface area contributed by atoms with Gasteiger partial charge in [-0.05, 0) is 0 Å². The average molecular weight is 138 g/mol. The maximum atomic E-state index is 5.40. The van der Waals surface area contributed by atoms with E-state index < -0.39 is 0 Å². The van der Waals surface area contributed by atoms with Gasteiger partial charge in [-0.3, -0.25) is 0 Å². The summed E-state index contributed by atoms with van der Waals surface area (Å²) in [6.45, 7) is 6.24. The highest BCUT2D eigenvalue weighted by molar-refractivity contribution is 6.00. The summed E-state index contributed by atoms with van der Waals surface area (Å²) in [5.41, 5.74) is 10.1. The molecule has 0 aromatic carbocycles. The van der Waals surface area contributed by atoms with Crippen LogP contribution in [0.5, 0.6) is 0 Å². The lowest BCUT2D eigenvalue weighted by atomic mass is 9.90. The Labute approximate surface area is 61.0 Å². The van der Waals surface area contributed by atoms with Crippen LogP contribution in [-0.4, -0.2) is 5.71 Å². The van der Waals surface area contributed by atoms with Gasteiger partial charge in [0.25, 0.3) is 0 Å². The third kappa shape index (κ3) is 1.29. The molecule has 3 nitrogen and oxygen atoms in total. The molecule has 1 aliphatic rings. The molecule has 0 saturated carbocycles. The first-order chi connectivity index (χ1) is 4.50. The van der Waals surface area contributed by atoms with Gasteiger partial charge in [0.15, 0.2) is 0 Å². The summed E-state index contributed by atoms with van der Waals surface area (Å²) in [4.78, 5) is 0. The summed E-state index contributed by atoms with van der Waals surface area (Å²) in [6, 6.07) is 0. The van der Waals surface area contributed by atoms with Gasteiger partial charge in [0.05, 0.1) is 5.71 Å². The largest absolute Gasteiger partial charge is 0.382 e. The SMILES string of the molecule is CC(C)(C)C1=N[N]C(N)=C1. The van der Waals surface area contributed by atoms with Crippen LogP contribution in [0.1, 0.15) is 20.8 Å². The summed E-state index contributed by atoms with van der Waals surface area (Å²) >= 11 is 0. The third-order valence-electron chi connectivity index (χ3n) is 1.33. The van der Waals surface area contributed by atoms with Crippen molar-refractivity contribution in [3.05, 3.63) is 11.9 Å². The Balaban J connectivity index is 2.77. The molecule has 0 aromatic heterocycles. The minimum Gasteiger partial charge on any atom is -0.382 e. The van der Waals surface area contributed by atoms with Crippen LogP contribution in [0.15, 0.2) is 17.0 Å². The van der Waals surface area contributed by atoms with Gasteiger partial charge in [-0.15, -0.1) is 5.43 Å². The van der Waals surface area contributed by atoms with Gasteiger partial charge in [-0.25, -0.2) is 0 Å². The lowest BCUT2D eigenvalue weighted by molar-refractivity contribution is 0.591. The molecule has 3 heteroatoms. The fraction of sp³-hybridized carbons (Fsp3) is 0.571. The summed E-state index contributed by atoms with van der Waals surface area (Å²) < 4.78 is 0. The maximum Gasteiger partial charge on any atom is 0.147 e. The average Bonchev–Trinajstić information content (AvgIpc) is 2.11. The number of hydrogen-bond donors (Lipinski definition) is 1. The third-order valence-corrected chi connectivity index (χ3v) is 1.33. The molecule has 1 heterocycles. The van der Waals surface area contributed by atoms with Crippen LogP contribution in [0.25, 0.3) is 0 Å². The molecule has 0 bridgehead atoms. The zero-order chi connectivity index (χ0) is 7.78. The van der Waals surface area contributed by atoms with Crippen molar-refractivity contribution in [3.63, 3.8) is 0 Å². The van der Waals surface area contributed by atoms with Crippen molar-refractivity contribution in [2.24, 2.45) is 16.3 Å². The highest BCUT2D eigenvalue weighted by Gasteiger charge is 2.20. The van der Waals surface area contributed by atoms with Gasteiger partial charge >= 0.3 is 0 Å². The Morgan fingerprint density at radius 1 is 1.40 bits per heavy atom. The van der Waals surface area contributed by atoms with E-state index in [-0.39, 0.29) is 5.41 Å². The van der Waals surface area contributed by atoms with Crippen molar-refractivity contribution in [2.45, 2.75) is 20.8 Å². The van der Waals surface area contributed by atoms with Gasteiger partial charge in [-0.2, -0.15) is 5.10 Å². The van der Waals surface area contributed by atoms with Crippen molar-refractivity contribution in [1.29, 1.82) is 0 Å². The fourth-order valence-corrected chi connectivity index (χ4v) is 0.676. The van der Waals surface area contributed by atoms with E-state index in [0.717, 1.165) is 5.71 Å². The predicted molar refractivity (Wildman–Crippen MR) is 41.3 cm³/mol. The Kier molecular flexibility index (Phi) is 1.43. The zero-order valence-corrected chi connectivity index (χ0v) is 6.55. The topological polar surface area (TPSA) is 52.5 Å². The number of hydrogen-bond acceptors (Lipinski definition) is 2. The second-order valence-electron chi connectivity index (χ2n) is 3.40. The van der Waals surface area contributed by atoms with Crippen LogP contribution >= 0.6 is 0 Å². The molecule has 0 atom stereocenters. The van der Waals surface area contributed by atoms with E-state index in [4.69, 9.17) is 5.73 Å². The number of rotatable bonds is 0. The lowest BCUT2D eigenvalue weighted by Gasteiger charge is -2.14. The van der Waals surface area contributed by atoms with Gasteiger partial charge in [0.1, 0.15) is 5.82 Å². The van der Waals surface area contributed by atoms with Crippen molar-refractivity contribution < 1.29 is 0 Å². The van der Waals surface area contributed by atoms with Crippen LogP contribution in [0.2, 0.25) is 0 Å². The molecular formula is C7H12N3. The maximum absolute atomic E-state index is 5.40. The molecule has 0 unspecified atom stereocenters. The van der Waals surface area contributed by atoms with E-state index in [1.54, 1.807) is 6.08 Å². The Morgan fingerprint density at radius 2 is 2.00 bits per heavy atom. The Bertz CT molecular complexity index is 195. The Morgan fingerprint density at radius 3 is 2.20 bits per heavy atom. The minimum absolute atomic E-state index is 0.0601. The molecule has 10 heavy (non-hydrogen) atoms. The second kappa shape index (κ2) is 2.01. The van der Waals surface area contributed by atoms with E-state index in [1.807, 2.05) is 0 Å². The molecule has 0 aliphatic carbocycles. The van der Waals surface area contributed by atoms with Gasteiger partial charge < -0.3 is 5.73 Å². The normalized spacial score (nSPS) is 17.9. The molecule has 0 amide bonds. The fourth-order valence-electron chi connectivity index (χ4n) is 0.676. The van der Waals surface area contributed by atoms with Crippen LogP contribution in [0.4, 0.5) is 0 Å². The first-order valence-electron chi connectivity index (χ1n) is 3.26. The molecule has 0 fully saturated rings. The molecule has 1 radical (unpaired) electrons. The van der Waals surface area contributed by atoms with E-state index in [1.165, 1.54) is 0 Å². The molecule has 0 spiro atoms. The molecule has 55 valence electrons. The van der Waals surface area contributed by atoms with Crippen LogP contribution in [0.3, 0.4) is 0 Å². The summed E-state index contributed by atoms with van der Waals surface area (Å²) in [7, 11) is 0. The van der Waals surface area contributed by atoms with Crippen molar-refractivity contribution in [3.8, 4) is 0 Å². The highest BCUT2D eigenvalue weighted by Crippen LogP contribution is 2.19. The quantitative estimate of drug-likeness (QED) is 0.529. The smallest absolute Gasteiger partial charge is 0.147 e. The standard InChI is InChI=1S/C7H12N3/c1-7(2,3)5-4-6(8)10-9-5/h4H,8H2,1-3H3. The summed E-state index contributed by atoms with van der Waals surface area (Å²) in [5, 5.41) is 3.91. The minimum atomic E-state index is 0.0601. The highest BCUT2D eigenvalue weighted by atomic mass is 15.3. The zero-order valence-electron chi connectivity index (χ0n) is 6.55. The first-order valence-corrected chi connectivity index (χ1v) is 3.26. The van der Waals surface area contributed by atoms with Crippen LogP contribution in [0, 0.1) is 5.41 Å². The van der Waals surface area contributed by atoms with Crippen molar-refractivity contribution >= 4 is 5.71 Å². The van der Waals surface area contributed by atoms with E-state index in [2.05, 4.69) is 31.3 Å². The van der Waals surface area contributed by atoms with Gasteiger partial charge in [0, 0.05) is 11.5 Å². The van der Waals surface area contributed by atoms with Crippen molar-refractivity contribution in [2.75, 3.05) is 0 Å². The van der Waals surface area contributed by atoms with E-state index >= 15 is 0 Å². The monoisotopic (exact) mass is 138 g/mol. The first kappa shape index (κ1) is 7.12. The number of allylic oxidation sites excluding steroid dienone is 1. The lowest BCUT2D eigenvalue weighted by Crippen LogP contribution is -2.16. The molecule has 1 rings (SSSR count). The van der Waals surface area contributed by atoms with Crippen LogP contribution in [-0.2, 0) is 0 Å². The molecule has 1 aliphatic heterocycles. The summed E-state index contributed by atoms with van der Waals surface area (Å²) in [6.07, 6.45) is 1.81. The van der Waals surface area contributed by atoms with Gasteiger partial charge in [-0.1, -0.05) is 20.8 Å². The Hall–Kier alpha value is -0.990. The summed E-state index contributed by atoms with van der Waals surface area (Å²) in [5.74, 6) is 0.505. The van der Waals surface area contributed by atoms with Crippen molar-refractivity contribution in [1.82, 2.24) is 5.43 Å². The van der Waals surface area contributed by atoms with Gasteiger partial charge in [0.2, 0.25) is 0 Å². The van der Waals surface area contributed by atoms with Crippen LogP contribution < -0.4 is 11.2 Å². The van der Waals surface area contributed by atoms with E-state index in [9.17, 15) is 0 Å². The molecule has 0 aromatic rings. The molecular weight excluding hydrogens is 126 g/mol. The van der Waals surface area contributed by atoms with E-state index in [0.29, 0.717) is 5.82 Å². The molecule has 0 saturated heterocycles. The number of nitrogens with two attached hydrogens (primary N) is 1. The molecule has 2 N–H and O–H groups in total. The number of nitrogens with zero attached hydrogens (tertiary/aromatic N) is 2.